The van der Waals surface area contributed by atoms with Gasteiger partial charge in [0, 0.05) is 22.8 Å². The summed E-state index contributed by atoms with van der Waals surface area (Å²) in [6.45, 7) is 0.584. The maximum Gasteiger partial charge on any atom is 0.127 e. The van der Waals surface area contributed by atoms with E-state index in [1.165, 1.54) is 0 Å². The predicted molar refractivity (Wildman–Crippen MR) is 113 cm³/mol. The van der Waals surface area contributed by atoms with Gasteiger partial charge in [0.1, 0.15) is 17.3 Å². The Balaban J connectivity index is 1.56. The summed E-state index contributed by atoms with van der Waals surface area (Å²) < 4.78 is 5.78. The van der Waals surface area contributed by atoms with Gasteiger partial charge in [-0.05, 0) is 72.3 Å². The molecular weight excluding hydrogens is 358 g/mol. The van der Waals surface area contributed by atoms with E-state index in [9.17, 15) is 0 Å². The Morgan fingerprint density at radius 1 is 0.889 bits per heavy atom. The van der Waals surface area contributed by atoms with Crippen LogP contribution in [0, 0.1) is 5.41 Å². The van der Waals surface area contributed by atoms with Gasteiger partial charge < -0.3 is 15.8 Å². The van der Waals surface area contributed by atoms with Gasteiger partial charge in [-0.3, -0.25) is 5.41 Å². The van der Waals surface area contributed by atoms with E-state index in [1.54, 1.807) is 12.1 Å². The third kappa shape index (κ3) is 5.36. The SMILES string of the molecule is N=C(N)c1ccc(NC/C=C(/Cl)c2ccc(Oc3ccccc3)cc2)cc1. The van der Waals surface area contributed by atoms with Crippen molar-refractivity contribution < 1.29 is 4.74 Å². The Bertz CT molecular complexity index is 920. The average Bonchev–Trinajstić information content (AvgIpc) is 2.69. The van der Waals surface area contributed by atoms with Crippen molar-refractivity contribution >= 4 is 28.2 Å². The predicted octanol–water partition coefficient (Wildman–Crippen LogP) is 5.45. The van der Waals surface area contributed by atoms with E-state index in [0.717, 1.165) is 22.7 Å². The number of benzene rings is 3. The number of hydrogen-bond donors (Lipinski definition) is 3. The van der Waals surface area contributed by atoms with Crippen molar-refractivity contribution in [1.82, 2.24) is 0 Å². The molecule has 3 aromatic carbocycles. The number of anilines is 1. The van der Waals surface area contributed by atoms with Crippen molar-refractivity contribution in [3.05, 3.63) is 96.1 Å². The van der Waals surface area contributed by atoms with Crippen molar-refractivity contribution in [3.63, 3.8) is 0 Å². The highest BCUT2D eigenvalue weighted by molar-refractivity contribution is 6.48. The van der Waals surface area contributed by atoms with Crippen LogP contribution in [0.2, 0.25) is 0 Å². The van der Waals surface area contributed by atoms with Crippen LogP contribution in [0.15, 0.2) is 84.9 Å². The molecule has 0 radical (unpaired) electrons. The number of ether oxygens (including phenoxy) is 1. The standard InChI is InChI=1S/C22H20ClN3O/c23-21(14-15-26-18-10-6-17(7-11-18)22(24)25)16-8-12-20(13-9-16)27-19-4-2-1-3-5-19/h1-14,26H,15H2,(H3,24,25)/b21-14+. The van der Waals surface area contributed by atoms with Crippen LogP contribution in [-0.4, -0.2) is 12.4 Å². The number of para-hydroxylation sites is 1. The maximum absolute atomic E-state index is 7.39. The van der Waals surface area contributed by atoms with Gasteiger partial charge in [0.25, 0.3) is 0 Å². The van der Waals surface area contributed by atoms with Crippen LogP contribution in [-0.2, 0) is 0 Å². The average molecular weight is 378 g/mol. The van der Waals surface area contributed by atoms with Gasteiger partial charge in [-0.25, -0.2) is 0 Å². The van der Waals surface area contributed by atoms with Gasteiger partial charge in [0.15, 0.2) is 0 Å². The van der Waals surface area contributed by atoms with Gasteiger partial charge in [-0.1, -0.05) is 29.8 Å². The molecule has 5 heteroatoms. The summed E-state index contributed by atoms with van der Waals surface area (Å²) in [7, 11) is 0. The lowest BCUT2D eigenvalue weighted by Gasteiger charge is -2.07. The number of nitrogen functional groups attached to an aromatic ring is 1. The van der Waals surface area contributed by atoms with Crippen molar-refractivity contribution in [2.75, 3.05) is 11.9 Å². The Kier molecular flexibility index (Phi) is 6.13. The van der Waals surface area contributed by atoms with E-state index in [2.05, 4.69) is 5.32 Å². The quantitative estimate of drug-likeness (QED) is 0.378. The fraction of sp³-hybridized carbons (Fsp3) is 0.0455. The second-order valence-electron chi connectivity index (χ2n) is 5.86. The Morgan fingerprint density at radius 3 is 2.11 bits per heavy atom. The normalized spacial score (nSPS) is 11.1. The molecule has 0 fully saturated rings. The van der Waals surface area contributed by atoms with Crippen LogP contribution in [0.5, 0.6) is 11.5 Å². The van der Waals surface area contributed by atoms with Crippen molar-refractivity contribution in [2.45, 2.75) is 0 Å². The largest absolute Gasteiger partial charge is 0.457 e. The molecule has 4 N–H and O–H groups in total. The Morgan fingerprint density at radius 2 is 1.48 bits per heavy atom. The highest BCUT2D eigenvalue weighted by Crippen LogP contribution is 2.25. The molecular formula is C22H20ClN3O. The minimum atomic E-state index is 0.0594. The molecule has 3 rings (SSSR count). The zero-order chi connectivity index (χ0) is 19.1. The zero-order valence-corrected chi connectivity index (χ0v) is 15.4. The fourth-order valence-electron chi connectivity index (χ4n) is 2.45. The van der Waals surface area contributed by atoms with Gasteiger partial charge in [-0.15, -0.1) is 0 Å². The van der Waals surface area contributed by atoms with E-state index in [4.69, 9.17) is 27.5 Å². The summed E-state index contributed by atoms with van der Waals surface area (Å²) in [5.74, 6) is 1.62. The molecule has 0 unspecified atom stereocenters. The number of rotatable bonds is 7. The van der Waals surface area contributed by atoms with Crippen molar-refractivity contribution in [2.24, 2.45) is 5.73 Å². The van der Waals surface area contributed by atoms with Crippen LogP contribution in [0.1, 0.15) is 11.1 Å². The van der Waals surface area contributed by atoms with Crippen LogP contribution >= 0.6 is 11.6 Å². The lowest BCUT2D eigenvalue weighted by atomic mass is 10.2. The minimum Gasteiger partial charge on any atom is -0.457 e. The molecule has 3 aromatic rings. The lowest BCUT2D eigenvalue weighted by molar-refractivity contribution is 0.482. The molecule has 0 heterocycles. The summed E-state index contributed by atoms with van der Waals surface area (Å²) in [5.41, 5.74) is 8.01. The Hall–Kier alpha value is -3.24. The molecule has 4 nitrogen and oxygen atoms in total. The molecule has 0 spiro atoms. The summed E-state index contributed by atoms with van der Waals surface area (Å²) in [4.78, 5) is 0. The molecule has 136 valence electrons. The molecule has 0 saturated heterocycles. The van der Waals surface area contributed by atoms with Crippen LogP contribution in [0.25, 0.3) is 5.03 Å². The maximum atomic E-state index is 7.39. The summed E-state index contributed by atoms with van der Waals surface area (Å²) in [5, 5.41) is 11.3. The number of halogens is 1. The van der Waals surface area contributed by atoms with Gasteiger partial charge in [0.2, 0.25) is 0 Å². The van der Waals surface area contributed by atoms with E-state index < -0.39 is 0 Å². The lowest BCUT2D eigenvalue weighted by Crippen LogP contribution is -2.10. The minimum absolute atomic E-state index is 0.0594. The highest BCUT2D eigenvalue weighted by Gasteiger charge is 2.01. The number of amidine groups is 1. The fourth-order valence-corrected chi connectivity index (χ4v) is 2.65. The van der Waals surface area contributed by atoms with Crippen molar-refractivity contribution in [1.29, 1.82) is 5.41 Å². The van der Waals surface area contributed by atoms with Crippen LogP contribution in [0.3, 0.4) is 0 Å². The first kappa shape index (κ1) is 18.5. The van der Waals surface area contributed by atoms with Crippen LogP contribution in [0.4, 0.5) is 5.69 Å². The topological polar surface area (TPSA) is 71.1 Å². The van der Waals surface area contributed by atoms with Gasteiger partial charge in [-0.2, -0.15) is 0 Å². The van der Waals surface area contributed by atoms with E-state index >= 15 is 0 Å². The number of nitrogens with two attached hydrogens (primary N) is 1. The number of nitrogens with one attached hydrogen (secondary N) is 2. The molecule has 0 bridgehead atoms. The third-order valence-electron chi connectivity index (χ3n) is 3.89. The second-order valence-corrected chi connectivity index (χ2v) is 6.27. The molecule has 27 heavy (non-hydrogen) atoms. The Labute approximate surface area is 163 Å². The summed E-state index contributed by atoms with van der Waals surface area (Å²) in [6.07, 6.45) is 1.91. The smallest absolute Gasteiger partial charge is 0.127 e. The van der Waals surface area contributed by atoms with Gasteiger partial charge >= 0.3 is 0 Å². The second kappa shape index (κ2) is 8.92. The molecule has 0 atom stereocenters. The van der Waals surface area contributed by atoms with Crippen molar-refractivity contribution in [3.8, 4) is 11.5 Å². The first-order valence-corrected chi connectivity index (χ1v) is 8.87. The molecule has 0 amide bonds. The van der Waals surface area contributed by atoms with Gasteiger partial charge in [0.05, 0.1) is 0 Å². The highest BCUT2D eigenvalue weighted by atomic mass is 35.5. The summed E-state index contributed by atoms with van der Waals surface area (Å²) >= 11 is 6.39. The first-order chi connectivity index (χ1) is 13.1. The third-order valence-corrected chi connectivity index (χ3v) is 4.26. The van der Waals surface area contributed by atoms with Crippen LogP contribution < -0.4 is 15.8 Å². The molecule has 0 aliphatic rings. The summed E-state index contributed by atoms with van der Waals surface area (Å²) in [6, 6.07) is 24.7. The molecule has 0 aliphatic heterocycles. The molecule has 0 saturated carbocycles. The van der Waals surface area contributed by atoms with E-state index in [0.29, 0.717) is 17.1 Å². The zero-order valence-electron chi connectivity index (χ0n) is 14.7. The number of hydrogen-bond acceptors (Lipinski definition) is 3. The van der Waals surface area contributed by atoms with E-state index in [-0.39, 0.29) is 5.84 Å². The van der Waals surface area contributed by atoms with E-state index in [1.807, 2.05) is 72.8 Å². The first-order valence-electron chi connectivity index (χ1n) is 8.49. The molecule has 0 aliphatic carbocycles. The monoisotopic (exact) mass is 377 g/mol. The molecule has 0 aromatic heterocycles.